The monoisotopic (exact) mass is 296 g/mol. The van der Waals surface area contributed by atoms with E-state index in [2.05, 4.69) is 10.1 Å². The van der Waals surface area contributed by atoms with Crippen LogP contribution in [0.1, 0.15) is 5.56 Å². The first-order valence-corrected chi connectivity index (χ1v) is 6.80. The van der Waals surface area contributed by atoms with Gasteiger partial charge in [0.1, 0.15) is 0 Å². The molecule has 2 aromatic carbocycles. The lowest BCUT2D eigenvalue weighted by Gasteiger charge is -2.04. The van der Waals surface area contributed by atoms with Crippen molar-refractivity contribution in [2.75, 3.05) is 5.73 Å². The summed E-state index contributed by atoms with van der Waals surface area (Å²) < 4.78 is 1.61. The minimum atomic E-state index is 0.340. The molecule has 0 fully saturated rings. The quantitative estimate of drug-likeness (QED) is 0.750. The van der Waals surface area contributed by atoms with Crippen molar-refractivity contribution in [3.8, 4) is 11.3 Å². The van der Waals surface area contributed by atoms with Crippen molar-refractivity contribution in [3.05, 3.63) is 71.4 Å². The van der Waals surface area contributed by atoms with E-state index in [1.807, 2.05) is 54.6 Å². The molecule has 0 spiro atoms. The molecule has 0 saturated carbocycles. The van der Waals surface area contributed by atoms with E-state index in [0.717, 1.165) is 16.8 Å². The molecule has 3 rings (SSSR count). The summed E-state index contributed by atoms with van der Waals surface area (Å²) in [5.74, 6) is 0.340. The second-order valence-electron chi connectivity index (χ2n) is 4.48. The van der Waals surface area contributed by atoms with E-state index in [1.165, 1.54) is 0 Å². The summed E-state index contributed by atoms with van der Waals surface area (Å²) in [4.78, 5) is 4.12. The molecule has 1 aromatic heterocycles. The maximum Gasteiger partial charge on any atom is 0.221 e. The van der Waals surface area contributed by atoms with E-state index in [4.69, 9.17) is 17.3 Å². The molecule has 0 radical (unpaired) electrons. The SMILES string of the molecule is Nc1ncc(-c2ccc(Cl)cc2)n1N=Cc1ccccc1. The van der Waals surface area contributed by atoms with Gasteiger partial charge in [0.05, 0.1) is 18.1 Å². The molecule has 0 aliphatic rings. The highest BCUT2D eigenvalue weighted by molar-refractivity contribution is 6.30. The lowest BCUT2D eigenvalue weighted by atomic mass is 10.2. The molecule has 2 N–H and O–H groups in total. The number of hydrogen-bond acceptors (Lipinski definition) is 3. The van der Waals surface area contributed by atoms with Crippen LogP contribution in [0.4, 0.5) is 5.95 Å². The van der Waals surface area contributed by atoms with Crippen LogP contribution in [0, 0.1) is 0 Å². The molecule has 5 heteroatoms. The van der Waals surface area contributed by atoms with Gasteiger partial charge in [-0.3, -0.25) is 0 Å². The van der Waals surface area contributed by atoms with Crippen LogP contribution < -0.4 is 5.73 Å². The van der Waals surface area contributed by atoms with Gasteiger partial charge in [0.2, 0.25) is 5.95 Å². The van der Waals surface area contributed by atoms with Crippen LogP contribution in [0.2, 0.25) is 5.02 Å². The highest BCUT2D eigenvalue weighted by Crippen LogP contribution is 2.23. The van der Waals surface area contributed by atoms with Crippen LogP contribution >= 0.6 is 11.6 Å². The predicted molar refractivity (Wildman–Crippen MR) is 86.5 cm³/mol. The Hall–Kier alpha value is -2.59. The van der Waals surface area contributed by atoms with Crippen LogP contribution in [-0.4, -0.2) is 15.9 Å². The van der Waals surface area contributed by atoms with Gasteiger partial charge >= 0.3 is 0 Å². The maximum atomic E-state index is 5.91. The maximum absolute atomic E-state index is 5.91. The molecule has 0 aliphatic carbocycles. The molecule has 0 atom stereocenters. The first-order valence-electron chi connectivity index (χ1n) is 6.42. The fourth-order valence-corrected chi connectivity index (χ4v) is 2.09. The molecule has 0 bridgehead atoms. The van der Waals surface area contributed by atoms with Crippen molar-refractivity contribution in [1.29, 1.82) is 0 Å². The van der Waals surface area contributed by atoms with E-state index in [0.29, 0.717) is 11.0 Å². The third-order valence-electron chi connectivity index (χ3n) is 3.03. The van der Waals surface area contributed by atoms with Crippen molar-refractivity contribution < 1.29 is 0 Å². The fourth-order valence-electron chi connectivity index (χ4n) is 1.96. The minimum absolute atomic E-state index is 0.340. The van der Waals surface area contributed by atoms with Crippen molar-refractivity contribution >= 4 is 23.8 Å². The first-order chi connectivity index (χ1) is 10.2. The molecular formula is C16H13ClN4. The van der Waals surface area contributed by atoms with Gasteiger partial charge in [-0.1, -0.05) is 54.1 Å². The molecule has 0 saturated heterocycles. The standard InChI is InChI=1S/C16H13ClN4/c17-14-8-6-13(7-9-14)15-11-19-16(18)21(15)20-10-12-4-2-1-3-5-12/h1-11H,(H2,18,19). The number of rotatable bonds is 3. The van der Waals surface area contributed by atoms with Gasteiger partial charge in [0, 0.05) is 10.6 Å². The zero-order valence-corrected chi connectivity index (χ0v) is 11.9. The van der Waals surface area contributed by atoms with Gasteiger partial charge < -0.3 is 5.73 Å². The average Bonchev–Trinajstić information content (AvgIpc) is 2.88. The van der Waals surface area contributed by atoms with Gasteiger partial charge in [-0.05, 0) is 17.7 Å². The lowest BCUT2D eigenvalue weighted by Crippen LogP contribution is -2.00. The van der Waals surface area contributed by atoms with Gasteiger partial charge in [0.25, 0.3) is 0 Å². The van der Waals surface area contributed by atoms with E-state index >= 15 is 0 Å². The summed E-state index contributed by atoms with van der Waals surface area (Å²) >= 11 is 5.91. The molecule has 104 valence electrons. The third kappa shape index (κ3) is 2.95. The van der Waals surface area contributed by atoms with E-state index < -0.39 is 0 Å². The molecule has 4 nitrogen and oxygen atoms in total. The van der Waals surface area contributed by atoms with Crippen LogP contribution in [-0.2, 0) is 0 Å². The second kappa shape index (κ2) is 5.81. The highest BCUT2D eigenvalue weighted by atomic mass is 35.5. The Labute approximate surface area is 127 Å². The topological polar surface area (TPSA) is 56.2 Å². The molecule has 0 unspecified atom stereocenters. The third-order valence-corrected chi connectivity index (χ3v) is 3.28. The summed E-state index contributed by atoms with van der Waals surface area (Å²) in [6.45, 7) is 0. The highest BCUT2D eigenvalue weighted by Gasteiger charge is 2.08. The molecule has 3 aromatic rings. The van der Waals surface area contributed by atoms with Crippen LogP contribution in [0.3, 0.4) is 0 Å². The van der Waals surface area contributed by atoms with E-state index in [-0.39, 0.29) is 0 Å². The smallest absolute Gasteiger partial charge is 0.221 e. The Morgan fingerprint density at radius 1 is 1.05 bits per heavy atom. The zero-order chi connectivity index (χ0) is 14.7. The Morgan fingerprint density at radius 3 is 2.48 bits per heavy atom. The zero-order valence-electron chi connectivity index (χ0n) is 11.1. The largest absolute Gasteiger partial charge is 0.368 e. The number of benzene rings is 2. The van der Waals surface area contributed by atoms with E-state index in [1.54, 1.807) is 17.1 Å². The van der Waals surface area contributed by atoms with Gasteiger partial charge in [0.15, 0.2) is 0 Å². The van der Waals surface area contributed by atoms with Gasteiger partial charge in [-0.15, -0.1) is 0 Å². The number of nitrogens with two attached hydrogens (primary N) is 1. The van der Waals surface area contributed by atoms with E-state index in [9.17, 15) is 0 Å². The summed E-state index contributed by atoms with van der Waals surface area (Å²) in [5.41, 5.74) is 8.65. The summed E-state index contributed by atoms with van der Waals surface area (Å²) in [6, 6.07) is 17.3. The second-order valence-corrected chi connectivity index (χ2v) is 4.91. The van der Waals surface area contributed by atoms with Gasteiger partial charge in [-0.25, -0.2) is 4.98 Å². The Kier molecular flexibility index (Phi) is 3.71. The minimum Gasteiger partial charge on any atom is -0.368 e. The van der Waals surface area contributed by atoms with Crippen LogP contribution in [0.15, 0.2) is 65.9 Å². The summed E-state index contributed by atoms with van der Waals surface area (Å²) in [5, 5.41) is 5.09. The molecular weight excluding hydrogens is 284 g/mol. The summed E-state index contributed by atoms with van der Waals surface area (Å²) in [6.07, 6.45) is 3.44. The first kappa shape index (κ1) is 13.4. The molecule has 1 heterocycles. The van der Waals surface area contributed by atoms with Crippen molar-refractivity contribution in [3.63, 3.8) is 0 Å². The predicted octanol–water partition coefficient (Wildman–Crippen LogP) is 3.67. The average molecular weight is 297 g/mol. The van der Waals surface area contributed by atoms with Crippen LogP contribution in [0.25, 0.3) is 11.3 Å². The van der Waals surface area contributed by atoms with Crippen molar-refractivity contribution in [2.45, 2.75) is 0 Å². The van der Waals surface area contributed by atoms with Crippen molar-refractivity contribution in [2.24, 2.45) is 5.10 Å². The number of hydrogen-bond donors (Lipinski definition) is 1. The van der Waals surface area contributed by atoms with Gasteiger partial charge in [-0.2, -0.15) is 9.78 Å². The lowest BCUT2D eigenvalue weighted by molar-refractivity contribution is 0.906. The fraction of sp³-hybridized carbons (Fsp3) is 0. The van der Waals surface area contributed by atoms with Crippen molar-refractivity contribution in [1.82, 2.24) is 9.66 Å². The number of anilines is 1. The number of halogens is 1. The molecule has 0 amide bonds. The number of nitrogens with zero attached hydrogens (tertiary/aromatic N) is 3. The summed E-state index contributed by atoms with van der Waals surface area (Å²) in [7, 11) is 0. The molecule has 21 heavy (non-hydrogen) atoms. The van der Waals surface area contributed by atoms with Crippen LogP contribution in [0.5, 0.6) is 0 Å². The number of nitrogen functional groups attached to an aromatic ring is 1. The number of aromatic nitrogens is 2. The number of imidazole rings is 1. The Morgan fingerprint density at radius 2 is 1.76 bits per heavy atom. The Bertz CT molecular complexity index is 761. The Balaban J connectivity index is 1.98. The molecule has 0 aliphatic heterocycles. The normalized spacial score (nSPS) is 11.1.